The Morgan fingerprint density at radius 3 is 1.80 bits per heavy atom. The molecule has 0 aliphatic carbocycles. The molecule has 4 rings (SSSR count). The largest absolute Gasteiger partial charge is 0.496 e. The Balaban J connectivity index is 1.65. The van der Waals surface area contributed by atoms with E-state index in [4.69, 9.17) is 9.47 Å². The van der Waals surface area contributed by atoms with Crippen molar-refractivity contribution < 1.29 is 22.4 Å². The molecule has 0 atom stereocenters. The van der Waals surface area contributed by atoms with E-state index in [1.54, 1.807) is 43.5 Å². The van der Waals surface area contributed by atoms with Gasteiger partial charge in [0.1, 0.15) is 23.8 Å². The molecule has 0 unspecified atom stereocenters. The maximum Gasteiger partial charge on any atom is 0.206 e. The molecule has 234 valence electrons. The van der Waals surface area contributed by atoms with Gasteiger partial charge in [0, 0.05) is 17.5 Å². The lowest BCUT2D eigenvalue weighted by Crippen LogP contribution is -2.33. The molecule has 0 heterocycles. The maximum absolute atomic E-state index is 13.1. The van der Waals surface area contributed by atoms with E-state index in [-0.39, 0.29) is 15.2 Å². The molecule has 0 fully saturated rings. The first kappa shape index (κ1) is 33.2. The van der Waals surface area contributed by atoms with Crippen LogP contribution in [0.4, 0.5) is 0 Å². The molecular weight excluding hydrogens is 568 g/mol. The lowest BCUT2D eigenvalue weighted by atomic mass is 9.77. The van der Waals surface area contributed by atoms with Gasteiger partial charge in [0.25, 0.3) is 0 Å². The molecule has 0 bridgehead atoms. The summed E-state index contributed by atoms with van der Waals surface area (Å²) in [4.78, 5) is 2.70. The zero-order chi connectivity index (χ0) is 32.3. The normalized spacial score (nSPS) is 12.4. The monoisotopic (exact) mass is 615 g/mol. The summed E-state index contributed by atoms with van der Waals surface area (Å²) in [6.07, 6.45) is 0.907. The number of aryl methyl sites for hydroxylation is 1. The van der Waals surface area contributed by atoms with Crippen molar-refractivity contribution in [3.05, 3.63) is 113 Å². The fourth-order valence-electron chi connectivity index (χ4n) is 5.24. The third kappa shape index (κ3) is 7.89. The Hall–Kier alpha value is -3.65. The summed E-state index contributed by atoms with van der Waals surface area (Å²) in [5, 5.41) is 0. The van der Waals surface area contributed by atoms with Crippen molar-refractivity contribution in [1.82, 2.24) is 4.90 Å². The Morgan fingerprint density at radius 1 is 0.750 bits per heavy atom. The number of nitrogens with zero attached hydrogens (tertiary/aromatic N) is 2. The van der Waals surface area contributed by atoms with Crippen LogP contribution in [0, 0.1) is 6.92 Å². The number of hydrogen-bond donors (Lipinski definition) is 0. The van der Waals surface area contributed by atoms with Gasteiger partial charge in [-0.2, -0.15) is 0 Å². The topological polar surface area (TPSA) is 55.8 Å². The quantitative estimate of drug-likeness (QED) is 0.157. The van der Waals surface area contributed by atoms with Gasteiger partial charge in [-0.1, -0.05) is 49.7 Å². The number of ether oxygens (including phenoxy) is 2. The predicted molar refractivity (Wildman–Crippen MR) is 179 cm³/mol. The van der Waals surface area contributed by atoms with Crippen LogP contribution >= 0.6 is 0 Å². The number of benzene rings is 4. The van der Waals surface area contributed by atoms with Gasteiger partial charge in [-0.3, -0.25) is 0 Å². The molecule has 0 aliphatic rings. The van der Waals surface area contributed by atoms with Crippen molar-refractivity contribution in [1.29, 1.82) is 0 Å². The van der Waals surface area contributed by atoms with Crippen LogP contribution in [0.15, 0.2) is 94.7 Å². The van der Waals surface area contributed by atoms with E-state index >= 15 is 0 Å². The smallest absolute Gasteiger partial charge is 0.206 e. The summed E-state index contributed by atoms with van der Waals surface area (Å²) >= 11 is 0. The van der Waals surface area contributed by atoms with Gasteiger partial charge in [0.15, 0.2) is 0 Å². The van der Waals surface area contributed by atoms with Crippen molar-refractivity contribution >= 4 is 9.84 Å². The minimum atomic E-state index is -3.61. The van der Waals surface area contributed by atoms with Crippen LogP contribution in [0.25, 0.3) is 0 Å². The highest BCUT2D eigenvalue weighted by Crippen LogP contribution is 2.38. The first-order valence-corrected chi connectivity index (χ1v) is 16.4. The van der Waals surface area contributed by atoms with Gasteiger partial charge < -0.3 is 18.9 Å². The van der Waals surface area contributed by atoms with Crippen LogP contribution in [0.3, 0.4) is 0 Å². The van der Waals surface area contributed by atoms with Gasteiger partial charge >= 0.3 is 0 Å². The van der Waals surface area contributed by atoms with E-state index in [9.17, 15) is 8.42 Å². The lowest BCUT2D eigenvalue weighted by Gasteiger charge is -2.30. The molecule has 0 radical (unpaired) electrons. The summed E-state index contributed by atoms with van der Waals surface area (Å²) in [5.74, 6) is 2.26. The third-order valence-corrected chi connectivity index (χ3v) is 9.74. The van der Waals surface area contributed by atoms with Crippen LogP contribution in [0.2, 0.25) is 0 Å². The van der Waals surface area contributed by atoms with E-state index in [0.717, 1.165) is 46.6 Å². The number of rotatable bonds is 12. The fraction of sp³-hybridized carbons (Fsp3) is 0.351. The highest BCUT2D eigenvalue weighted by molar-refractivity contribution is 7.91. The average Bonchev–Trinajstić information content (AvgIpc) is 2.96. The van der Waals surface area contributed by atoms with Crippen LogP contribution in [0.5, 0.6) is 17.2 Å². The molecule has 0 saturated heterocycles. The standard InChI is InChI=1S/C37H47N2O4S/c1-27-10-16-33(17-11-27)44(40,41)34-18-14-32(15-19-34)43-36-21-13-31(25-29(36)26-39(6,7)8)37(2,3)30-12-20-35(42-9)28(24-30)22-23-38(4)5/h10-21,24-25H,22-23,26H2,1-9H3/q+1. The van der Waals surface area contributed by atoms with Crippen molar-refractivity contribution in [2.45, 2.75) is 48.9 Å². The lowest BCUT2D eigenvalue weighted by molar-refractivity contribution is -0.884. The van der Waals surface area contributed by atoms with Crippen molar-refractivity contribution in [2.24, 2.45) is 0 Å². The number of sulfone groups is 1. The van der Waals surface area contributed by atoms with Gasteiger partial charge in [0.05, 0.1) is 38.0 Å². The van der Waals surface area contributed by atoms with Gasteiger partial charge in [-0.05, 0) is 98.7 Å². The molecule has 0 aromatic heterocycles. The van der Waals surface area contributed by atoms with Crippen molar-refractivity contribution in [2.75, 3.05) is 48.9 Å². The molecule has 0 N–H and O–H groups in total. The summed E-state index contributed by atoms with van der Waals surface area (Å²) in [6, 6.07) is 26.5. The second kappa shape index (κ2) is 13.1. The Morgan fingerprint density at radius 2 is 1.27 bits per heavy atom. The van der Waals surface area contributed by atoms with Crippen molar-refractivity contribution in [3.63, 3.8) is 0 Å². The number of quaternary nitrogens is 1. The second-order valence-electron chi connectivity index (χ2n) is 13.4. The van der Waals surface area contributed by atoms with E-state index in [2.05, 4.69) is 84.3 Å². The Kier molecular flexibility index (Phi) is 9.93. The zero-order valence-electron chi connectivity index (χ0n) is 27.6. The van der Waals surface area contributed by atoms with Crippen LogP contribution in [0.1, 0.15) is 41.7 Å². The van der Waals surface area contributed by atoms with E-state index in [0.29, 0.717) is 5.75 Å². The Bertz CT molecular complexity index is 1690. The third-order valence-electron chi connectivity index (χ3n) is 7.95. The fourth-order valence-corrected chi connectivity index (χ4v) is 6.50. The number of likely N-dealkylation sites (N-methyl/N-ethyl adjacent to an activating group) is 1. The minimum Gasteiger partial charge on any atom is -0.496 e. The van der Waals surface area contributed by atoms with Gasteiger partial charge in [0.2, 0.25) is 9.84 Å². The van der Waals surface area contributed by atoms with Crippen molar-refractivity contribution in [3.8, 4) is 17.2 Å². The van der Waals surface area contributed by atoms with E-state index < -0.39 is 9.84 Å². The summed E-state index contributed by atoms with van der Waals surface area (Å²) < 4.78 is 39.1. The molecule has 0 saturated carbocycles. The SMILES string of the molecule is COc1ccc(C(C)(C)c2ccc(Oc3ccc(S(=O)(=O)c4ccc(C)cc4)cc3)c(C[N+](C)(C)C)c2)cc1CCN(C)C. The maximum atomic E-state index is 13.1. The first-order chi connectivity index (χ1) is 20.6. The summed E-state index contributed by atoms with van der Waals surface area (Å²) in [6.45, 7) is 8.15. The minimum absolute atomic E-state index is 0.238. The molecular formula is C37H47N2O4S+. The molecule has 0 amide bonds. The molecule has 6 nitrogen and oxygen atoms in total. The number of methoxy groups -OCH3 is 1. The van der Waals surface area contributed by atoms with E-state index in [1.165, 1.54) is 16.7 Å². The van der Waals surface area contributed by atoms with Gasteiger partial charge in [-0.25, -0.2) is 8.42 Å². The second-order valence-corrected chi connectivity index (χ2v) is 15.3. The molecule has 44 heavy (non-hydrogen) atoms. The van der Waals surface area contributed by atoms with Crippen LogP contribution in [-0.4, -0.2) is 66.7 Å². The van der Waals surface area contributed by atoms with E-state index in [1.807, 2.05) is 25.1 Å². The highest BCUT2D eigenvalue weighted by atomic mass is 32.2. The average molecular weight is 616 g/mol. The van der Waals surface area contributed by atoms with Crippen LogP contribution < -0.4 is 9.47 Å². The summed E-state index contributed by atoms with van der Waals surface area (Å²) in [7, 11) is 8.76. The van der Waals surface area contributed by atoms with Gasteiger partial charge in [-0.15, -0.1) is 0 Å². The summed E-state index contributed by atoms with van der Waals surface area (Å²) in [5.41, 5.74) is 5.45. The first-order valence-electron chi connectivity index (χ1n) is 15.0. The molecule has 4 aromatic carbocycles. The van der Waals surface area contributed by atoms with Crippen LogP contribution in [-0.2, 0) is 28.2 Å². The molecule has 7 heteroatoms. The zero-order valence-corrected chi connectivity index (χ0v) is 28.5. The molecule has 0 spiro atoms. The molecule has 0 aliphatic heterocycles. The molecule has 4 aromatic rings. The Labute approximate surface area is 264 Å². The number of hydrogen-bond acceptors (Lipinski definition) is 5. The highest BCUT2D eigenvalue weighted by Gasteiger charge is 2.27. The predicted octanol–water partition coefficient (Wildman–Crippen LogP) is 7.26.